The normalized spacial score (nSPS) is 16.5. The molecule has 2 nitrogen and oxygen atoms in total. The van der Waals surface area contributed by atoms with Crippen LogP contribution in [-0.2, 0) is 0 Å². The second-order valence-corrected chi connectivity index (χ2v) is 9.33. The smallest absolute Gasteiger partial charge is 0.0984 e. The number of thioether (sulfide) groups is 2. The summed E-state index contributed by atoms with van der Waals surface area (Å²) >= 11 is 9.67. The Hall–Kier alpha value is -2.58. The van der Waals surface area contributed by atoms with Crippen molar-refractivity contribution in [2.75, 3.05) is 6.26 Å². The summed E-state index contributed by atoms with van der Waals surface area (Å²) in [5, 5.41) is 11.1. The van der Waals surface area contributed by atoms with Gasteiger partial charge in [-0.1, -0.05) is 96.2 Å². The number of hydrogen-bond acceptors (Lipinski definition) is 4. The fourth-order valence-electron chi connectivity index (χ4n) is 3.66. The van der Waals surface area contributed by atoms with Crippen molar-refractivity contribution in [3.8, 4) is 17.2 Å². The molecule has 0 spiro atoms. The molecular weight excluding hydrogens is 428 g/mol. The van der Waals surface area contributed by atoms with E-state index in [1.54, 1.807) is 11.8 Å². The molecule has 30 heavy (non-hydrogen) atoms. The molecule has 0 fully saturated rings. The van der Waals surface area contributed by atoms with Crippen LogP contribution in [0.2, 0.25) is 5.02 Å². The van der Waals surface area contributed by atoms with Crippen molar-refractivity contribution in [2.24, 2.45) is 5.73 Å². The summed E-state index contributed by atoms with van der Waals surface area (Å²) < 4.78 is 1.09. The second kappa shape index (κ2) is 9.06. The standard InChI is InChI=1S/C25H19ClN2S2/c1-29-25-22(18-13-11-17(12-14-18)16-7-3-2-4-8-16)23(20(15-27)24(28)30-25)19-9-5-6-10-21(19)26/h2-14,23H,28H2,1H3. The Balaban J connectivity index is 1.86. The average molecular weight is 447 g/mol. The minimum Gasteiger partial charge on any atom is -0.392 e. The Morgan fingerprint density at radius 2 is 1.50 bits per heavy atom. The van der Waals surface area contributed by atoms with Crippen LogP contribution in [-0.4, -0.2) is 6.26 Å². The molecule has 0 radical (unpaired) electrons. The first kappa shape index (κ1) is 20.7. The number of hydrogen-bond donors (Lipinski definition) is 1. The van der Waals surface area contributed by atoms with Crippen LogP contribution in [0.1, 0.15) is 17.0 Å². The molecule has 0 amide bonds. The van der Waals surface area contributed by atoms with Crippen molar-refractivity contribution in [3.05, 3.63) is 110 Å². The number of nitrogens with zero attached hydrogens (tertiary/aromatic N) is 1. The lowest BCUT2D eigenvalue weighted by atomic mass is 9.82. The first-order valence-corrected chi connectivity index (χ1v) is 11.8. The topological polar surface area (TPSA) is 49.8 Å². The molecule has 0 saturated heterocycles. The molecule has 3 aromatic carbocycles. The largest absolute Gasteiger partial charge is 0.392 e. The highest BCUT2D eigenvalue weighted by Crippen LogP contribution is 2.53. The lowest BCUT2D eigenvalue weighted by Crippen LogP contribution is -2.15. The lowest BCUT2D eigenvalue weighted by Gasteiger charge is -2.29. The molecule has 0 bridgehead atoms. The lowest BCUT2D eigenvalue weighted by molar-refractivity contribution is 1.03. The van der Waals surface area contributed by atoms with E-state index >= 15 is 0 Å². The van der Waals surface area contributed by atoms with Gasteiger partial charge in [-0.3, -0.25) is 0 Å². The summed E-state index contributed by atoms with van der Waals surface area (Å²) in [4.78, 5) is 0. The monoisotopic (exact) mass is 446 g/mol. The Morgan fingerprint density at radius 1 is 0.900 bits per heavy atom. The van der Waals surface area contributed by atoms with Crippen LogP contribution in [0.15, 0.2) is 93.7 Å². The van der Waals surface area contributed by atoms with Crippen molar-refractivity contribution >= 4 is 40.7 Å². The third-order valence-electron chi connectivity index (χ3n) is 5.09. The second-order valence-electron chi connectivity index (χ2n) is 6.79. The SMILES string of the molecule is CSC1=C(c2ccc(-c3ccccc3)cc2)C(c2ccccc2Cl)C(C#N)=C(N)S1. The van der Waals surface area contributed by atoms with Crippen molar-refractivity contribution in [2.45, 2.75) is 5.92 Å². The fourth-order valence-corrected chi connectivity index (χ4v) is 5.79. The zero-order valence-electron chi connectivity index (χ0n) is 16.3. The van der Waals surface area contributed by atoms with E-state index in [0.717, 1.165) is 26.5 Å². The van der Waals surface area contributed by atoms with E-state index in [9.17, 15) is 5.26 Å². The first-order valence-electron chi connectivity index (χ1n) is 9.40. The molecule has 5 heteroatoms. The summed E-state index contributed by atoms with van der Waals surface area (Å²) in [7, 11) is 0. The van der Waals surface area contributed by atoms with Gasteiger partial charge >= 0.3 is 0 Å². The molecule has 3 aromatic rings. The van der Waals surface area contributed by atoms with Gasteiger partial charge in [0.1, 0.15) is 0 Å². The Labute approximate surface area is 190 Å². The molecule has 0 aromatic heterocycles. The molecule has 4 rings (SSSR count). The summed E-state index contributed by atoms with van der Waals surface area (Å²) in [6, 6.07) is 28.8. The number of benzene rings is 3. The molecule has 1 atom stereocenters. The number of nitriles is 1. The highest BCUT2D eigenvalue weighted by Gasteiger charge is 2.33. The number of halogens is 1. The van der Waals surface area contributed by atoms with Gasteiger partial charge in [0.25, 0.3) is 0 Å². The highest BCUT2D eigenvalue weighted by molar-refractivity contribution is 8.24. The van der Waals surface area contributed by atoms with E-state index in [-0.39, 0.29) is 5.92 Å². The molecule has 1 unspecified atom stereocenters. The van der Waals surface area contributed by atoms with Gasteiger partial charge in [0.15, 0.2) is 0 Å². The minimum atomic E-state index is -0.296. The molecule has 148 valence electrons. The first-order chi connectivity index (χ1) is 14.6. The summed E-state index contributed by atoms with van der Waals surface area (Å²) in [6.07, 6.45) is 2.04. The van der Waals surface area contributed by atoms with E-state index in [4.69, 9.17) is 17.3 Å². The quantitative estimate of drug-likeness (QED) is 0.458. The summed E-state index contributed by atoms with van der Waals surface area (Å²) in [5.74, 6) is -0.296. The van der Waals surface area contributed by atoms with Gasteiger partial charge in [-0.15, -0.1) is 11.8 Å². The maximum absolute atomic E-state index is 9.93. The van der Waals surface area contributed by atoms with Crippen LogP contribution < -0.4 is 5.73 Å². The van der Waals surface area contributed by atoms with Crippen molar-refractivity contribution in [1.82, 2.24) is 0 Å². The molecule has 1 aliphatic rings. The van der Waals surface area contributed by atoms with Crippen LogP contribution in [0.4, 0.5) is 0 Å². The van der Waals surface area contributed by atoms with Crippen LogP contribution in [0.25, 0.3) is 16.7 Å². The molecular formula is C25H19ClN2S2. The summed E-state index contributed by atoms with van der Waals surface area (Å²) in [5.41, 5.74) is 12.2. The van der Waals surface area contributed by atoms with E-state index in [0.29, 0.717) is 15.6 Å². The van der Waals surface area contributed by atoms with Gasteiger partial charge < -0.3 is 5.73 Å². The number of allylic oxidation sites excluding steroid dienone is 2. The third-order valence-corrected chi connectivity index (χ3v) is 7.62. The van der Waals surface area contributed by atoms with Crippen LogP contribution >= 0.6 is 35.1 Å². The van der Waals surface area contributed by atoms with Crippen LogP contribution in [0.5, 0.6) is 0 Å². The maximum atomic E-state index is 9.93. The molecule has 0 saturated carbocycles. The molecule has 2 N–H and O–H groups in total. The van der Waals surface area contributed by atoms with Crippen LogP contribution in [0, 0.1) is 11.3 Å². The van der Waals surface area contributed by atoms with Gasteiger partial charge in [-0.2, -0.15) is 5.26 Å². The van der Waals surface area contributed by atoms with Gasteiger partial charge in [-0.25, -0.2) is 0 Å². The van der Waals surface area contributed by atoms with Gasteiger partial charge in [0.2, 0.25) is 0 Å². The van der Waals surface area contributed by atoms with E-state index in [2.05, 4.69) is 42.5 Å². The number of rotatable bonds is 4. The predicted octanol–water partition coefficient (Wildman–Crippen LogP) is 7.26. The van der Waals surface area contributed by atoms with E-state index < -0.39 is 0 Å². The van der Waals surface area contributed by atoms with Gasteiger partial charge in [0, 0.05) is 5.02 Å². The Kier molecular flexibility index (Phi) is 6.24. The Bertz CT molecular complexity index is 1180. The van der Waals surface area contributed by atoms with Crippen LogP contribution in [0.3, 0.4) is 0 Å². The zero-order chi connectivity index (χ0) is 21.1. The molecule has 1 aliphatic heterocycles. The number of nitrogens with two attached hydrogens (primary N) is 1. The maximum Gasteiger partial charge on any atom is 0.0984 e. The average Bonchev–Trinajstić information content (AvgIpc) is 2.79. The highest BCUT2D eigenvalue weighted by atomic mass is 35.5. The van der Waals surface area contributed by atoms with E-state index in [1.165, 1.54) is 17.3 Å². The zero-order valence-corrected chi connectivity index (χ0v) is 18.7. The Morgan fingerprint density at radius 3 is 2.13 bits per heavy atom. The van der Waals surface area contributed by atoms with Gasteiger partial charge in [-0.05, 0) is 40.1 Å². The minimum absolute atomic E-state index is 0.296. The van der Waals surface area contributed by atoms with Crippen molar-refractivity contribution < 1.29 is 0 Å². The van der Waals surface area contributed by atoms with Gasteiger partial charge in [0.05, 0.1) is 26.8 Å². The third kappa shape index (κ3) is 3.89. The van der Waals surface area contributed by atoms with Crippen molar-refractivity contribution in [3.63, 3.8) is 0 Å². The molecule has 0 aliphatic carbocycles. The predicted molar refractivity (Wildman–Crippen MR) is 131 cm³/mol. The molecule has 1 heterocycles. The van der Waals surface area contributed by atoms with E-state index in [1.807, 2.05) is 48.7 Å². The summed E-state index contributed by atoms with van der Waals surface area (Å²) in [6.45, 7) is 0. The fraction of sp³-hybridized carbons (Fsp3) is 0.0800. The van der Waals surface area contributed by atoms with Crippen molar-refractivity contribution in [1.29, 1.82) is 5.26 Å².